The van der Waals surface area contributed by atoms with Gasteiger partial charge in [-0.1, -0.05) is 70.8 Å². The summed E-state index contributed by atoms with van der Waals surface area (Å²) in [6.07, 6.45) is 18.2. The Morgan fingerprint density at radius 2 is 1.86 bits per heavy atom. The van der Waals surface area contributed by atoms with Gasteiger partial charge in [0, 0.05) is 18.3 Å². The van der Waals surface area contributed by atoms with E-state index in [0.717, 1.165) is 18.8 Å². The molecule has 0 aromatic rings. The first kappa shape index (κ1) is 20.4. The molecular formula is C27H42O. The molecule has 28 heavy (non-hydrogen) atoms. The molecule has 0 N–H and O–H groups in total. The molecule has 1 saturated carbocycles. The van der Waals surface area contributed by atoms with Gasteiger partial charge in [-0.25, -0.2) is 0 Å². The van der Waals surface area contributed by atoms with Gasteiger partial charge in [-0.15, -0.1) is 0 Å². The van der Waals surface area contributed by atoms with Crippen LogP contribution < -0.4 is 0 Å². The first-order chi connectivity index (χ1) is 13.3. The highest BCUT2D eigenvalue weighted by atomic mass is 16.1. The van der Waals surface area contributed by atoms with Crippen molar-refractivity contribution in [3.63, 3.8) is 0 Å². The zero-order valence-corrected chi connectivity index (χ0v) is 19.0. The van der Waals surface area contributed by atoms with Gasteiger partial charge >= 0.3 is 0 Å². The summed E-state index contributed by atoms with van der Waals surface area (Å²) in [6, 6.07) is 0. The fourth-order valence-corrected chi connectivity index (χ4v) is 7.69. The Kier molecular flexibility index (Phi) is 5.43. The van der Waals surface area contributed by atoms with Crippen molar-refractivity contribution in [2.75, 3.05) is 0 Å². The molecule has 0 amide bonds. The summed E-state index contributed by atoms with van der Waals surface area (Å²) in [5.74, 6) is 3.49. The SMILES string of the molecule is CC(C)C(=O)CC[C@@H](C)[C@H]1C=C[C@@H]2C3=C(CC[C@@]21C)[C@@]1(C)CCCCC1CC3. The second-order valence-electron chi connectivity index (χ2n) is 11.4. The minimum absolute atomic E-state index is 0.184. The molecule has 4 aliphatic rings. The summed E-state index contributed by atoms with van der Waals surface area (Å²) in [5, 5.41) is 0. The maximum absolute atomic E-state index is 12.2. The van der Waals surface area contributed by atoms with Gasteiger partial charge < -0.3 is 0 Å². The third kappa shape index (κ3) is 3.16. The van der Waals surface area contributed by atoms with Gasteiger partial charge in [0.05, 0.1) is 0 Å². The molecule has 0 radical (unpaired) electrons. The van der Waals surface area contributed by atoms with E-state index in [2.05, 4.69) is 32.9 Å². The lowest BCUT2D eigenvalue weighted by atomic mass is 9.50. The fourth-order valence-electron chi connectivity index (χ4n) is 7.69. The topological polar surface area (TPSA) is 17.1 Å². The van der Waals surface area contributed by atoms with Crippen LogP contribution in [0.2, 0.25) is 0 Å². The number of fused-ring (bicyclic) bond motifs is 4. The Bertz CT molecular complexity index is 682. The monoisotopic (exact) mass is 382 g/mol. The average Bonchev–Trinajstić information content (AvgIpc) is 3.02. The van der Waals surface area contributed by atoms with Crippen LogP contribution >= 0.6 is 0 Å². The van der Waals surface area contributed by atoms with Crippen LogP contribution in [0.3, 0.4) is 0 Å². The van der Waals surface area contributed by atoms with E-state index >= 15 is 0 Å². The van der Waals surface area contributed by atoms with Crippen molar-refractivity contribution in [1.82, 2.24) is 0 Å². The summed E-state index contributed by atoms with van der Waals surface area (Å²) in [6.45, 7) is 11.7. The second kappa shape index (κ2) is 7.44. The van der Waals surface area contributed by atoms with Gasteiger partial charge in [-0.2, -0.15) is 0 Å². The Balaban J connectivity index is 1.54. The van der Waals surface area contributed by atoms with Gasteiger partial charge in [0.2, 0.25) is 0 Å². The van der Waals surface area contributed by atoms with Crippen molar-refractivity contribution in [3.05, 3.63) is 23.3 Å². The molecule has 156 valence electrons. The number of hydrogen-bond acceptors (Lipinski definition) is 1. The lowest BCUT2D eigenvalue weighted by molar-refractivity contribution is -0.122. The summed E-state index contributed by atoms with van der Waals surface area (Å²) < 4.78 is 0. The Labute approximate surface area is 173 Å². The lowest BCUT2D eigenvalue weighted by Crippen LogP contribution is -2.44. The van der Waals surface area contributed by atoms with Crippen LogP contribution in [0.5, 0.6) is 0 Å². The summed E-state index contributed by atoms with van der Waals surface area (Å²) >= 11 is 0. The molecule has 0 aromatic carbocycles. The minimum Gasteiger partial charge on any atom is -0.299 e. The molecule has 4 aliphatic carbocycles. The Hall–Kier alpha value is -0.850. The molecular weight excluding hydrogens is 340 g/mol. The zero-order chi connectivity index (χ0) is 20.1. The Morgan fingerprint density at radius 1 is 1.07 bits per heavy atom. The van der Waals surface area contributed by atoms with Gasteiger partial charge in [0.15, 0.2) is 0 Å². The molecule has 1 nitrogen and oxygen atoms in total. The zero-order valence-electron chi connectivity index (χ0n) is 19.0. The van der Waals surface area contributed by atoms with E-state index < -0.39 is 0 Å². The van der Waals surface area contributed by atoms with Crippen molar-refractivity contribution in [1.29, 1.82) is 0 Å². The lowest BCUT2D eigenvalue weighted by Gasteiger charge is -2.54. The molecule has 1 unspecified atom stereocenters. The van der Waals surface area contributed by atoms with Gasteiger partial charge in [-0.3, -0.25) is 4.79 Å². The molecule has 6 atom stereocenters. The smallest absolute Gasteiger partial charge is 0.135 e. The molecule has 0 saturated heterocycles. The number of Topliss-reactive ketones (excluding diaryl/α,β-unsaturated/α-hetero) is 1. The Morgan fingerprint density at radius 3 is 2.61 bits per heavy atom. The summed E-state index contributed by atoms with van der Waals surface area (Å²) in [4.78, 5) is 12.2. The quantitative estimate of drug-likeness (QED) is 0.449. The molecule has 1 fully saturated rings. The van der Waals surface area contributed by atoms with Crippen LogP contribution in [0.4, 0.5) is 0 Å². The third-order valence-corrected chi connectivity index (χ3v) is 9.61. The van der Waals surface area contributed by atoms with Crippen molar-refractivity contribution in [3.8, 4) is 0 Å². The summed E-state index contributed by atoms with van der Waals surface area (Å²) in [7, 11) is 0. The van der Waals surface area contributed by atoms with E-state index in [0.29, 0.717) is 34.4 Å². The number of hydrogen-bond donors (Lipinski definition) is 0. The van der Waals surface area contributed by atoms with E-state index in [9.17, 15) is 4.79 Å². The molecule has 1 heteroatoms. The number of allylic oxidation sites excluding steroid dienone is 4. The summed E-state index contributed by atoms with van der Waals surface area (Å²) in [5.41, 5.74) is 4.63. The van der Waals surface area contributed by atoms with Crippen LogP contribution in [-0.2, 0) is 4.79 Å². The van der Waals surface area contributed by atoms with Gasteiger partial charge in [-0.05, 0) is 73.5 Å². The predicted molar refractivity (Wildman–Crippen MR) is 118 cm³/mol. The van der Waals surface area contributed by atoms with Gasteiger partial charge in [0.25, 0.3) is 0 Å². The first-order valence-corrected chi connectivity index (χ1v) is 12.2. The van der Waals surface area contributed by atoms with Crippen LogP contribution in [0.25, 0.3) is 0 Å². The number of carbonyl (C=O) groups excluding carboxylic acids is 1. The fraction of sp³-hybridized carbons (Fsp3) is 0.815. The highest BCUT2D eigenvalue weighted by Gasteiger charge is 2.53. The van der Waals surface area contributed by atoms with Crippen LogP contribution in [0, 0.1) is 40.4 Å². The number of rotatable bonds is 5. The number of ketones is 1. The second-order valence-corrected chi connectivity index (χ2v) is 11.4. The standard InChI is InChI=1S/C27H42O/c1-18(2)25(28)14-9-19(3)22-12-13-23-21-11-10-20-8-6-7-16-26(20,4)24(21)15-17-27(22,23)5/h12-13,18-20,22-23H,6-11,14-17H2,1-5H3/t19-,20?,22-,23-,26+,27-/m1/s1. The molecule has 0 heterocycles. The van der Waals surface area contributed by atoms with Crippen molar-refractivity contribution >= 4 is 5.78 Å². The molecule has 0 bridgehead atoms. The van der Waals surface area contributed by atoms with Crippen molar-refractivity contribution < 1.29 is 4.79 Å². The third-order valence-electron chi connectivity index (χ3n) is 9.61. The maximum atomic E-state index is 12.2. The van der Waals surface area contributed by atoms with Crippen molar-refractivity contribution in [2.45, 2.75) is 98.8 Å². The normalized spacial score (nSPS) is 40.9. The van der Waals surface area contributed by atoms with Crippen molar-refractivity contribution in [2.24, 2.45) is 40.4 Å². The van der Waals surface area contributed by atoms with E-state index in [1.165, 1.54) is 51.4 Å². The highest BCUT2D eigenvalue weighted by Crippen LogP contribution is 2.64. The number of carbonyl (C=O) groups is 1. The van der Waals surface area contributed by atoms with Crippen LogP contribution in [-0.4, -0.2) is 5.78 Å². The van der Waals surface area contributed by atoms with E-state index in [4.69, 9.17) is 0 Å². The molecule has 4 rings (SSSR count). The average molecular weight is 383 g/mol. The van der Waals surface area contributed by atoms with Gasteiger partial charge in [0.1, 0.15) is 5.78 Å². The first-order valence-electron chi connectivity index (χ1n) is 12.2. The minimum atomic E-state index is 0.184. The highest BCUT2D eigenvalue weighted by molar-refractivity contribution is 5.80. The molecule has 0 aliphatic heterocycles. The molecule has 0 spiro atoms. The molecule has 0 aromatic heterocycles. The van der Waals surface area contributed by atoms with Crippen LogP contribution in [0.1, 0.15) is 98.8 Å². The largest absolute Gasteiger partial charge is 0.299 e. The van der Waals surface area contributed by atoms with Crippen LogP contribution in [0.15, 0.2) is 23.3 Å². The van der Waals surface area contributed by atoms with E-state index in [1.54, 1.807) is 0 Å². The predicted octanol–water partition coefficient (Wildman–Crippen LogP) is 7.52. The van der Waals surface area contributed by atoms with E-state index in [1.807, 2.05) is 25.0 Å². The van der Waals surface area contributed by atoms with E-state index in [-0.39, 0.29) is 5.92 Å². The maximum Gasteiger partial charge on any atom is 0.135 e.